The number of anilines is 1. The van der Waals surface area contributed by atoms with Gasteiger partial charge in [0, 0.05) is 17.5 Å². The zero-order chi connectivity index (χ0) is 15.7. The van der Waals surface area contributed by atoms with Gasteiger partial charge in [-0.15, -0.1) is 0 Å². The van der Waals surface area contributed by atoms with Crippen molar-refractivity contribution in [3.8, 4) is 5.75 Å². The van der Waals surface area contributed by atoms with Crippen LogP contribution in [0, 0.1) is 12.8 Å². The van der Waals surface area contributed by atoms with Gasteiger partial charge in [0.25, 0.3) is 0 Å². The summed E-state index contributed by atoms with van der Waals surface area (Å²) in [6, 6.07) is 6.40. The number of nitrogens with zero attached hydrogens (tertiary/aromatic N) is 2. The van der Waals surface area contributed by atoms with Crippen molar-refractivity contribution < 1.29 is 18.3 Å². The summed E-state index contributed by atoms with van der Waals surface area (Å²) in [5.74, 6) is 0.641. The fourth-order valence-corrected chi connectivity index (χ4v) is 2.87. The van der Waals surface area contributed by atoms with Crippen LogP contribution in [0.15, 0.2) is 24.3 Å². The van der Waals surface area contributed by atoms with Crippen LogP contribution < -0.4 is 10.1 Å². The van der Waals surface area contributed by atoms with Crippen molar-refractivity contribution in [1.29, 1.82) is 0 Å². The van der Waals surface area contributed by atoms with Crippen LogP contribution in [0.25, 0.3) is 0 Å². The Morgan fingerprint density at radius 2 is 2.14 bits per heavy atom. The number of aromatic nitrogens is 2. The highest BCUT2D eigenvalue weighted by molar-refractivity contribution is 7.09. The van der Waals surface area contributed by atoms with Crippen LogP contribution in [-0.2, 0) is 4.79 Å². The molecule has 8 heteroatoms. The van der Waals surface area contributed by atoms with E-state index in [0.717, 1.165) is 23.5 Å². The lowest BCUT2D eigenvalue weighted by Crippen LogP contribution is -2.14. The number of rotatable bonds is 5. The maximum absolute atomic E-state index is 12.1. The molecule has 3 rings (SSSR count). The van der Waals surface area contributed by atoms with Crippen LogP contribution in [0.5, 0.6) is 5.75 Å². The molecule has 1 aromatic heterocycles. The van der Waals surface area contributed by atoms with Crippen molar-refractivity contribution >= 4 is 22.6 Å². The Balaban J connectivity index is 1.58. The first kappa shape index (κ1) is 14.8. The van der Waals surface area contributed by atoms with E-state index in [2.05, 4.69) is 19.4 Å². The molecule has 1 aliphatic carbocycles. The number of nitrogens with one attached hydrogen (secondary N) is 1. The third-order valence-electron chi connectivity index (χ3n) is 3.42. The summed E-state index contributed by atoms with van der Waals surface area (Å²) < 4.78 is 32.5. The number of halogens is 2. The lowest BCUT2D eigenvalue weighted by Gasteiger charge is -2.05. The fraction of sp³-hybridized carbons (Fsp3) is 0.357. The molecule has 1 aromatic carbocycles. The van der Waals surface area contributed by atoms with E-state index in [0.29, 0.717) is 11.0 Å². The number of ether oxygens (including phenoxy) is 1. The number of carbonyl (C=O) groups excluding carboxylic acids is 1. The Labute approximate surface area is 129 Å². The first-order chi connectivity index (χ1) is 10.5. The molecular weight excluding hydrogens is 312 g/mol. The molecule has 1 amide bonds. The van der Waals surface area contributed by atoms with Gasteiger partial charge in [-0.05, 0) is 37.0 Å². The predicted molar refractivity (Wildman–Crippen MR) is 77.2 cm³/mol. The molecule has 1 N–H and O–H groups in total. The maximum atomic E-state index is 12.1. The second kappa shape index (κ2) is 5.96. The first-order valence-corrected chi connectivity index (χ1v) is 7.46. The van der Waals surface area contributed by atoms with E-state index in [1.807, 2.05) is 0 Å². The number of hydrogen-bond acceptors (Lipinski definition) is 5. The van der Waals surface area contributed by atoms with Gasteiger partial charge in [0.2, 0.25) is 11.0 Å². The Hall–Kier alpha value is -2.09. The van der Waals surface area contributed by atoms with Crippen molar-refractivity contribution in [3.05, 3.63) is 35.7 Å². The smallest absolute Gasteiger partial charge is 0.387 e. The van der Waals surface area contributed by atoms with E-state index >= 15 is 0 Å². The van der Waals surface area contributed by atoms with Crippen LogP contribution >= 0.6 is 11.5 Å². The largest absolute Gasteiger partial charge is 0.435 e. The van der Waals surface area contributed by atoms with Gasteiger partial charge in [0.05, 0.1) is 0 Å². The highest BCUT2D eigenvalue weighted by atomic mass is 32.1. The summed E-state index contributed by atoms with van der Waals surface area (Å²) in [4.78, 5) is 16.2. The molecule has 0 radical (unpaired) electrons. The Morgan fingerprint density at radius 1 is 1.41 bits per heavy atom. The van der Waals surface area contributed by atoms with Crippen molar-refractivity contribution in [1.82, 2.24) is 9.36 Å². The summed E-state index contributed by atoms with van der Waals surface area (Å²) in [6.45, 7) is -1.07. The van der Waals surface area contributed by atoms with Gasteiger partial charge >= 0.3 is 6.61 Å². The Bertz CT molecular complexity index is 675. The minimum atomic E-state index is -2.83. The second-order valence-corrected chi connectivity index (χ2v) is 5.78. The topological polar surface area (TPSA) is 64.1 Å². The molecule has 5 nitrogen and oxygen atoms in total. The molecule has 22 heavy (non-hydrogen) atoms. The molecule has 0 spiro atoms. The van der Waals surface area contributed by atoms with E-state index in [9.17, 15) is 13.6 Å². The number of carbonyl (C=O) groups is 1. The predicted octanol–water partition coefficient (Wildman–Crippen LogP) is 3.19. The van der Waals surface area contributed by atoms with Crippen LogP contribution in [0.2, 0.25) is 0 Å². The number of amides is 1. The van der Waals surface area contributed by atoms with Crippen LogP contribution in [0.3, 0.4) is 0 Å². The van der Waals surface area contributed by atoms with Crippen LogP contribution in [-0.4, -0.2) is 21.9 Å². The van der Waals surface area contributed by atoms with Gasteiger partial charge in [-0.2, -0.15) is 13.2 Å². The highest BCUT2D eigenvalue weighted by Crippen LogP contribution is 2.48. The number of hydrogen-bond donors (Lipinski definition) is 1. The highest BCUT2D eigenvalue weighted by Gasteiger charge is 2.44. The van der Waals surface area contributed by atoms with Gasteiger partial charge in [-0.3, -0.25) is 4.79 Å². The normalized spacial score (nSPS) is 20.0. The number of aryl methyl sites for hydroxylation is 1. The molecule has 1 fully saturated rings. The van der Waals surface area contributed by atoms with Crippen LogP contribution in [0.4, 0.5) is 13.9 Å². The second-order valence-electron chi connectivity index (χ2n) is 5.03. The molecule has 1 saturated carbocycles. The van der Waals surface area contributed by atoms with Gasteiger partial charge < -0.3 is 10.1 Å². The molecule has 0 unspecified atom stereocenters. The van der Waals surface area contributed by atoms with E-state index in [-0.39, 0.29) is 23.5 Å². The van der Waals surface area contributed by atoms with Gasteiger partial charge in [-0.1, -0.05) is 12.1 Å². The van der Waals surface area contributed by atoms with Gasteiger partial charge in [-0.25, -0.2) is 4.98 Å². The van der Waals surface area contributed by atoms with Crippen LogP contribution in [0.1, 0.15) is 23.7 Å². The van der Waals surface area contributed by atoms with E-state index in [1.165, 1.54) is 12.1 Å². The first-order valence-electron chi connectivity index (χ1n) is 6.69. The summed E-state index contributed by atoms with van der Waals surface area (Å²) >= 11 is 1.15. The lowest BCUT2D eigenvalue weighted by molar-refractivity contribution is -0.117. The molecule has 1 heterocycles. The zero-order valence-corrected chi connectivity index (χ0v) is 12.4. The molecule has 0 aliphatic heterocycles. The van der Waals surface area contributed by atoms with Crippen molar-refractivity contribution in [2.24, 2.45) is 5.92 Å². The van der Waals surface area contributed by atoms with Gasteiger partial charge in [0.1, 0.15) is 11.6 Å². The monoisotopic (exact) mass is 325 g/mol. The SMILES string of the molecule is Cc1nsc(NC(=O)[C@@H]2C[C@H]2c2ccc(OC(F)F)cc2)n1. The van der Waals surface area contributed by atoms with Crippen molar-refractivity contribution in [2.45, 2.75) is 25.9 Å². The molecule has 0 saturated heterocycles. The maximum Gasteiger partial charge on any atom is 0.387 e. The fourth-order valence-electron chi connectivity index (χ4n) is 2.30. The summed E-state index contributed by atoms with van der Waals surface area (Å²) in [7, 11) is 0. The molecule has 1 aliphatic rings. The molecule has 2 atom stereocenters. The summed E-state index contributed by atoms with van der Waals surface area (Å²) in [5.41, 5.74) is 0.940. The Kier molecular flexibility index (Phi) is 4.02. The summed E-state index contributed by atoms with van der Waals surface area (Å²) in [6.07, 6.45) is 0.735. The minimum absolute atomic E-state index is 0.0888. The Morgan fingerprint density at radius 3 is 2.73 bits per heavy atom. The third kappa shape index (κ3) is 3.38. The number of benzene rings is 1. The summed E-state index contributed by atoms with van der Waals surface area (Å²) in [5, 5.41) is 3.24. The quantitative estimate of drug-likeness (QED) is 0.917. The van der Waals surface area contributed by atoms with E-state index in [4.69, 9.17) is 0 Å². The average Bonchev–Trinajstić information content (AvgIpc) is 3.17. The standard InChI is InChI=1S/C14H13F2N3O2S/c1-7-17-14(22-19-7)18-12(20)11-6-10(11)8-2-4-9(5-3-8)21-13(15)16/h2-5,10-11,13H,6H2,1H3,(H,17,18,19,20)/t10-,11+/m0/s1. The van der Waals surface area contributed by atoms with Gasteiger partial charge in [0.15, 0.2) is 0 Å². The zero-order valence-electron chi connectivity index (χ0n) is 11.6. The van der Waals surface area contributed by atoms with Crippen molar-refractivity contribution in [2.75, 3.05) is 5.32 Å². The van der Waals surface area contributed by atoms with Crippen molar-refractivity contribution in [3.63, 3.8) is 0 Å². The number of alkyl halides is 2. The third-order valence-corrected chi connectivity index (χ3v) is 4.14. The molecular formula is C14H13F2N3O2S. The van der Waals surface area contributed by atoms with E-state index < -0.39 is 6.61 Å². The minimum Gasteiger partial charge on any atom is -0.435 e. The molecule has 116 valence electrons. The molecule has 2 aromatic rings. The lowest BCUT2D eigenvalue weighted by atomic mass is 10.1. The molecule has 0 bridgehead atoms. The van der Waals surface area contributed by atoms with E-state index in [1.54, 1.807) is 19.1 Å². The average molecular weight is 325 g/mol.